The Morgan fingerprint density at radius 2 is 2.28 bits per heavy atom. The molecule has 2 atom stereocenters. The Labute approximate surface area is 116 Å². The molecule has 1 aliphatic rings. The van der Waals surface area contributed by atoms with Gasteiger partial charge in [0, 0.05) is 17.1 Å². The number of hydrogen-bond acceptors (Lipinski definition) is 2. The first-order valence-electron chi connectivity index (χ1n) is 6.30. The second kappa shape index (κ2) is 6.34. The van der Waals surface area contributed by atoms with E-state index in [1.807, 2.05) is 24.3 Å². The minimum absolute atomic E-state index is 0.0163. The van der Waals surface area contributed by atoms with Crippen LogP contribution in [0.2, 0.25) is 0 Å². The predicted octanol–water partition coefficient (Wildman–Crippen LogP) is 3.51. The molecule has 1 N–H and O–H groups in total. The molecule has 1 aromatic rings. The van der Waals surface area contributed by atoms with Gasteiger partial charge in [0.2, 0.25) is 5.91 Å². The number of rotatable bonds is 3. The van der Waals surface area contributed by atoms with Gasteiger partial charge in [0.1, 0.15) is 0 Å². The van der Waals surface area contributed by atoms with Crippen molar-refractivity contribution in [3.05, 3.63) is 29.8 Å². The second-order valence-corrected chi connectivity index (χ2v) is 5.98. The van der Waals surface area contributed by atoms with Crippen molar-refractivity contribution >= 4 is 27.5 Å². The first kappa shape index (κ1) is 13.6. The largest absolute Gasteiger partial charge is 0.381 e. The highest BCUT2D eigenvalue weighted by molar-refractivity contribution is 9.09. The molecule has 0 saturated carbocycles. The molecule has 1 saturated heterocycles. The van der Waals surface area contributed by atoms with Crippen molar-refractivity contribution in [3.8, 4) is 0 Å². The zero-order chi connectivity index (χ0) is 13.0. The van der Waals surface area contributed by atoms with E-state index >= 15 is 0 Å². The molecule has 1 heterocycles. The molecule has 0 bridgehead atoms. The molecule has 2 rings (SSSR count). The lowest BCUT2D eigenvalue weighted by Gasteiger charge is -2.22. The van der Waals surface area contributed by atoms with Crippen LogP contribution < -0.4 is 5.32 Å². The second-order valence-electron chi connectivity index (χ2n) is 4.61. The molecular weight excluding hydrogens is 294 g/mol. The molecule has 1 amide bonds. The van der Waals surface area contributed by atoms with Gasteiger partial charge in [-0.3, -0.25) is 4.79 Å². The summed E-state index contributed by atoms with van der Waals surface area (Å²) >= 11 is 3.54. The number of para-hydroxylation sites is 1. The molecule has 4 heteroatoms. The Hall–Kier alpha value is -0.870. The van der Waals surface area contributed by atoms with E-state index in [1.165, 1.54) is 0 Å². The van der Waals surface area contributed by atoms with Crippen molar-refractivity contribution in [2.24, 2.45) is 5.92 Å². The summed E-state index contributed by atoms with van der Waals surface area (Å²) < 4.78 is 5.35. The first-order valence-corrected chi connectivity index (χ1v) is 7.21. The number of nitrogens with one attached hydrogen (secondary N) is 1. The van der Waals surface area contributed by atoms with Crippen LogP contribution in [-0.2, 0) is 9.53 Å². The topological polar surface area (TPSA) is 38.3 Å². The molecule has 98 valence electrons. The van der Waals surface area contributed by atoms with E-state index in [0.717, 1.165) is 30.7 Å². The Bertz CT molecular complexity index is 414. The summed E-state index contributed by atoms with van der Waals surface area (Å²) in [6.07, 6.45) is 1.88. The van der Waals surface area contributed by atoms with E-state index in [2.05, 4.69) is 28.2 Å². The van der Waals surface area contributed by atoms with Crippen molar-refractivity contribution < 1.29 is 9.53 Å². The minimum atomic E-state index is -0.0163. The van der Waals surface area contributed by atoms with Gasteiger partial charge in [0.25, 0.3) is 0 Å². The lowest BCUT2D eigenvalue weighted by molar-refractivity contribution is -0.123. The normalized spacial score (nSPS) is 21.3. The first-order chi connectivity index (χ1) is 8.68. The highest BCUT2D eigenvalue weighted by Gasteiger charge is 2.22. The summed E-state index contributed by atoms with van der Waals surface area (Å²) in [6, 6.07) is 7.87. The molecule has 0 aliphatic carbocycles. The van der Waals surface area contributed by atoms with Gasteiger partial charge in [-0.2, -0.15) is 0 Å². The van der Waals surface area contributed by atoms with E-state index < -0.39 is 0 Å². The van der Waals surface area contributed by atoms with Crippen molar-refractivity contribution in [2.75, 3.05) is 18.5 Å². The Balaban J connectivity index is 2.06. The smallest absolute Gasteiger partial charge is 0.229 e. The standard InChI is InChI=1S/C14H18BrNO2/c1-10(15)12-6-2-3-7-13(12)16-14(17)11-5-4-8-18-9-11/h2-3,6-7,10-11H,4-5,8-9H2,1H3,(H,16,17). The Morgan fingerprint density at radius 3 is 2.94 bits per heavy atom. The lowest BCUT2D eigenvalue weighted by Crippen LogP contribution is -2.30. The summed E-state index contributed by atoms with van der Waals surface area (Å²) in [5.74, 6) is 0.0488. The maximum atomic E-state index is 12.1. The molecule has 1 fully saturated rings. The number of benzene rings is 1. The third-order valence-corrected chi connectivity index (χ3v) is 3.67. The van der Waals surface area contributed by atoms with Gasteiger partial charge in [0.15, 0.2) is 0 Å². The van der Waals surface area contributed by atoms with Crippen LogP contribution >= 0.6 is 15.9 Å². The average Bonchev–Trinajstić information content (AvgIpc) is 2.40. The van der Waals surface area contributed by atoms with Crippen LogP contribution in [0.5, 0.6) is 0 Å². The third kappa shape index (κ3) is 3.33. The number of ether oxygens (including phenoxy) is 1. The van der Waals surface area contributed by atoms with E-state index in [1.54, 1.807) is 0 Å². The monoisotopic (exact) mass is 311 g/mol. The van der Waals surface area contributed by atoms with Crippen molar-refractivity contribution in [1.29, 1.82) is 0 Å². The van der Waals surface area contributed by atoms with Gasteiger partial charge in [-0.1, -0.05) is 34.1 Å². The number of carbonyl (C=O) groups excluding carboxylic acids is 1. The quantitative estimate of drug-likeness (QED) is 0.868. The number of amides is 1. The summed E-state index contributed by atoms with van der Waals surface area (Å²) in [5, 5.41) is 3.01. The summed E-state index contributed by atoms with van der Waals surface area (Å²) in [4.78, 5) is 12.4. The minimum Gasteiger partial charge on any atom is -0.381 e. The number of anilines is 1. The molecule has 18 heavy (non-hydrogen) atoms. The number of hydrogen-bond donors (Lipinski definition) is 1. The van der Waals surface area contributed by atoms with Crippen LogP contribution in [0, 0.1) is 5.92 Å². The van der Waals surface area contributed by atoms with Crippen LogP contribution in [0.3, 0.4) is 0 Å². The molecule has 1 aliphatic heterocycles. The van der Waals surface area contributed by atoms with Crippen LogP contribution in [0.1, 0.15) is 30.2 Å². The van der Waals surface area contributed by atoms with Gasteiger partial charge in [0.05, 0.1) is 12.5 Å². The average molecular weight is 312 g/mol. The van der Waals surface area contributed by atoms with E-state index in [9.17, 15) is 4.79 Å². The Kier molecular flexibility index (Phi) is 4.78. The molecule has 3 nitrogen and oxygen atoms in total. The Morgan fingerprint density at radius 1 is 1.50 bits per heavy atom. The highest BCUT2D eigenvalue weighted by atomic mass is 79.9. The summed E-state index contributed by atoms with van der Waals surface area (Å²) in [7, 11) is 0. The van der Waals surface area contributed by atoms with Crippen LogP contribution in [0.4, 0.5) is 5.69 Å². The lowest BCUT2D eigenvalue weighted by atomic mass is 10.0. The number of halogens is 1. The highest BCUT2D eigenvalue weighted by Crippen LogP contribution is 2.29. The molecule has 1 aromatic carbocycles. The van der Waals surface area contributed by atoms with Crippen molar-refractivity contribution in [1.82, 2.24) is 0 Å². The molecule has 2 unspecified atom stereocenters. The number of carbonyl (C=O) groups is 1. The van der Waals surface area contributed by atoms with E-state index in [0.29, 0.717) is 6.61 Å². The van der Waals surface area contributed by atoms with Gasteiger partial charge in [-0.05, 0) is 31.4 Å². The SMILES string of the molecule is CC(Br)c1ccccc1NC(=O)C1CCCOC1. The van der Waals surface area contributed by atoms with Crippen molar-refractivity contribution in [2.45, 2.75) is 24.6 Å². The molecule has 0 radical (unpaired) electrons. The van der Waals surface area contributed by atoms with E-state index in [4.69, 9.17) is 4.74 Å². The summed E-state index contributed by atoms with van der Waals surface area (Å²) in [5.41, 5.74) is 1.99. The maximum absolute atomic E-state index is 12.1. The fraction of sp³-hybridized carbons (Fsp3) is 0.500. The van der Waals surface area contributed by atoms with Gasteiger partial charge in [-0.25, -0.2) is 0 Å². The van der Waals surface area contributed by atoms with Gasteiger partial charge >= 0.3 is 0 Å². The van der Waals surface area contributed by atoms with Crippen LogP contribution in [-0.4, -0.2) is 19.1 Å². The zero-order valence-corrected chi connectivity index (χ0v) is 12.1. The van der Waals surface area contributed by atoms with Gasteiger partial charge in [-0.15, -0.1) is 0 Å². The fourth-order valence-electron chi connectivity index (χ4n) is 2.14. The summed E-state index contributed by atoms with van der Waals surface area (Å²) in [6.45, 7) is 3.37. The van der Waals surface area contributed by atoms with E-state index in [-0.39, 0.29) is 16.7 Å². The zero-order valence-electron chi connectivity index (χ0n) is 10.5. The fourth-order valence-corrected chi connectivity index (χ4v) is 2.54. The molecular formula is C14H18BrNO2. The van der Waals surface area contributed by atoms with Crippen molar-refractivity contribution in [3.63, 3.8) is 0 Å². The van der Waals surface area contributed by atoms with Gasteiger partial charge < -0.3 is 10.1 Å². The number of alkyl halides is 1. The maximum Gasteiger partial charge on any atom is 0.229 e. The van der Waals surface area contributed by atoms with Crippen LogP contribution in [0.25, 0.3) is 0 Å². The predicted molar refractivity (Wildman–Crippen MR) is 76.0 cm³/mol. The molecule has 0 aromatic heterocycles. The van der Waals surface area contributed by atoms with Crippen LogP contribution in [0.15, 0.2) is 24.3 Å². The third-order valence-electron chi connectivity index (χ3n) is 3.18. The molecule has 0 spiro atoms.